The Morgan fingerprint density at radius 1 is 1.35 bits per heavy atom. The highest BCUT2D eigenvalue weighted by Crippen LogP contribution is 2.26. The molecule has 0 aliphatic rings. The quantitative estimate of drug-likeness (QED) is 0.875. The van der Waals surface area contributed by atoms with Crippen LogP contribution in [0.4, 0.5) is 0 Å². The van der Waals surface area contributed by atoms with Gasteiger partial charge in [0, 0.05) is 22.8 Å². The number of aryl methyl sites for hydroxylation is 2. The smallest absolute Gasteiger partial charge is 0.0418 e. The van der Waals surface area contributed by atoms with E-state index in [0.29, 0.717) is 6.04 Å². The van der Waals surface area contributed by atoms with E-state index in [1.807, 2.05) is 36.7 Å². The first kappa shape index (κ1) is 12.3. The van der Waals surface area contributed by atoms with Gasteiger partial charge in [-0.3, -0.25) is 4.98 Å². The highest BCUT2D eigenvalue weighted by atomic mass is 32.1. The van der Waals surface area contributed by atoms with E-state index in [1.165, 1.54) is 16.1 Å². The Kier molecular flexibility index (Phi) is 4.29. The fraction of sp³-hybridized carbons (Fsp3) is 0.357. The predicted octanol–water partition coefficient (Wildman–Crippen LogP) is 3.34. The molecule has 90 valence electrons. The summed E-state index contributed by atoms with van der Waals surface area (Å²) < 4.78 is 0. The van der Waals surface area contributed by atoms with Gasteiger partial charge in [0.25, 0.3) is 0 Å². The molecule has 2 rings (SSSR count). The molecule has 0 spiro atoms. The van der Waals surface area contributed by atoms with Crippen LogP contribution in [0.3, 0.4) is 0 Å². The van der Waals surface area contributed by atoms with Crippen molar-refractivity contribution in [2.24, 2.45) is 0 Å². The summed E-state index contributed by atoms with van der Waals surface area (Å²) in [7, 11) is 2.03. The van der Waals surface area contributed by atoms with Crippen molar-refractivity contribution in [3.8, 4) is 0 Å². The number of aromatic nitrogens is 1. The zero-order chi connectivity index (χ0) is 12.1. The van der Waals surface area contributed by atoms with Gasteiger partial charge in [0.05, 0.1) is 0 Å². The molecule has 2 nitrogen and oxygen atoms in total. The Bertz CT molecular complexity index is 450. The van der Waals surface area contributed by atoms with E-state index < -0.39 is 0 Å². The average Bonchev–Trinajstić information content (AvgIpc) is 2.78. The number of pyridine rings is 1. The van der Waals surface area contributed by atoms with Crippen LogP contribution in [0.25, 0.3) is 0 Å². The van der Waals surface area contributed by atoms with E-state index in [9.17, 15) is 0 Å². The van der Waals surface area contributed by atoms with Gasteiger partial charge in [-0.15, -0.1) is 11.3 Å². The number of rotatable bonds is 5. The van der Waals surface area contributed by atoms with Crippen LogP contribution in [0.5, 0.6) is 0 Å². The third-order valence-corrected chi connectivity index (χ3v) is 4.11. The predicted molar refractivity (Wildman–Crippen MR) is 73.4 cm³/mol. The Hall–Kier alpha value is -1.19. The minimum atomic E-state index is 0.442. The summed E-state index contributed by atoms with van der Waals surface area (Å²) in [6, 6.07) is 8.73. The van der Waals surface area contributed by atoms with Crippen LogP contribution in [0, 0.1) is 6.92 Å². The minimum Gasteiger partial charge on any atom is -0.312 e. The van der Waals surface area contributed by atoms with Crippen LogP contribution in [0.1, 0.15) is 28.6 Å². The highest BCUT2D eigenvalue weighted by Gasteiger charge is 2.13. The van der Waals surface area contributed by atoms with E-state index >= 15 is 0 Å². The maximum Gasteiger partial charge on any atom is 0.0418 e. The highest BCUT2D eigenvalue weighted by molar-refractivity contribution is 7.10. The summed E-state index contributed by atoms with van der Waals surface area (Å²) in [6.07, 6.45) is 3.97. The van der Waals surface area contributed by atoms with Crippen molar-refractivity contribution >= 4 is 11.3 Å². The summed E-state index contributed by atoms with van der Waals surface area (Å²) in [4.78, 5) is 5.81. The van der Waals surface area contributed by atoms with Gasteiger partial charge >= 0.3 is 0 Å². The Balaban J connectivity index is 2.00. The number of nitrogens with one attached hydrogen (secondary N) is 1. The lowest BCUT2D eigenvalue weighted by Crippen LogP contribution is -2.16. The largest absolute Gasteiger partial charge is 0.312 e. The first-order chi connectivity index (χ1) is 8.31. The van der Waals surface area contributed by atoms with Gasteiger partial charge < -0.3 is 5.32 Å². The molecule has 0 aromatic carbocycles. The van der Waals surface area contributed by atoms with Gasteiger partial charge in [-0.25, -0.2) is 0 Å². The van der Waals surface area contributed by atoms with Gasteiger partial charge in [-0.05, 0) is 56.0 Å². The number of hydrogen-bond acceptors (Lipinski definition) is 3. The molecule has 17 heavy (non-hydrogen) atoms. The Morgan fingerprint density at radius 2 is 2.24 bits per heavy atom. The molecule has 0 fully saturated rings. The van der Waals surface area contributed by atoms with Gasteiger partial charge in [0.15, 0.2) is 0 Å². The molecule has 0 amide bonds. The molecule has 0 aliphatic carbocycles. The Morgan fingerprint density at radius 3 is 2.82 bits per heavy atom. The zero-order valence-electron chi connectivity index (χ0n) is 10.3. The van der Waals surface area contributed by atoms with E-state index in [-0.39, 0.29) is 0 Å². The monoisotopic (exact) mass is 246 g/mol. The van der Waals surface area contributed by atoms with Gasteiger partial charge in [0.2, 0.25) is 0 Å². The Labute approximate surface area is 107 Å². The minimum absolute atomic E-state index is 0.442. The van der Waals surface area contributed by atoms with Crippen LogP contribution in [-0.4, -0.2) is 12.0 Å². The molecule has 0 aliphatic heterocycles. The first-order valence-electron chi connectivity index (χ1n) is 5.92. The fourth-order valence-electron chi connectivity index (χ4n) is 1.99. The lowest BCUT2D eigenvalue weighted by Gasteiger charge is -2.15. The van der Waals surface area contributed by atoms with Crippen LogP contribution >= 0.6 is 11.3 Å². The average molecular weight is 246 g/mol. The van der Waals surface area contributed by atoms with Gasteiger partial charge in [-0.1, -0.05) is 6.07 Å². The maximum absolute atomic E-state index is 4.36. The van der Waals surface area contributed by atoms with Gasteiger partial charge in [0.1, 0.15) is 0 Å². The van der Waals surface area contributed by atoms with Crippen molar-refractivity contribution in [1.29, 1.82) is 0 Å². The van der Waals surface area contributed by atoms with Crippen LogP contribution in [-0.2, 0) is 6.42 Å². The van der Waals surface area contributed by atoms with E-state index in [1.54, 1.807) is 0 Å². The molecule has 1 N–H and O–H groups in total. The summed E-state index contributed by atoms with van der Waals surface area (Å²) in [5.41, 5.74) is 2.55. The number of nitrogens with zero attached hydrogens (tertiary/aromatic N) is 1. The molecule has 0 bridgehead atoms. The summed E-state index contributed by atoms with van der Waals surface area (Å²) in [5, 5.41) is 5.56. The summed E-state index contributed by atoms with van der Waals surface area (Å²) in [5.74, 6) is 0. The lowest BCUT2D eigenvalue weighted by atomic mass is 10.1. The molecule has 0 saturated carbocycles. The molecule has 0 radical (unpaired) electrons. The first-order valence-corrected chi connectivity index (χ1v) is 6.80. The second-order valence-electron chi connectivity index (χ2n) is 4.17. The second-order valence-corrected chi connectivity index (χ2v) is 5.12. The second kappa shape index (κ2) is 5.94. The zero-order valence-corrected chi connectivity index (χ0v) is 11.1. The third-order valence-electron chi connectivity index (χ3n) is 2.98. The van der Waals surface area contributed by atoms with Crippen molar-refractivity contribution in [3.63, 3.8) is 0 Å². The van der Waals surface area contributed by atoms with Crippen molar-refractivity contribution in [3.05, 3.63) is 52.0 Å². The number of thiophene rings is 1. The molecule has 2 aromatic heterocycles. The molecule has 0 saturated heterocycles. The van der Waals surface area contributed by atoms with Gasteiger partial charge in [-0.2, -0.15) is 0 Å². The van der Waals surface area contributed by atoms with E-state index in [0.717, 1.165) is 12.8 Å². The summed E-state index contributed by atoms with van der Waals surface area (Å²) in [6.45, 7) is 2.18. The third kappa shape index (κ3) is 3.14. The molecule has 2 aromatic rings. The molecule has 2 heterocycles. The van der Waals surface area contributed by atoms with Crippen LogP contribution in [0.2, 0.25) is 0 Å². The molecular weight excluding hydrogens is 228 g/mol. The normalized spacial score (nSPS) is 12.6. The number of hydrogen-bond donors (Lipinski definition) is 1. The van der Waals surface area contributed by atoms with E-state index in [2.05, 4.69) is 34.7 Å². The molecule has 1 unspecified atom stereocenters. The molecule has 3 heteroatoms. The lowest BCUT2D eigenvalue weighted by molar-refractivity contribution is 0.552. The van der Waals surface area contributed by atoms with Crippen molar-refractivity contribution in [2.45, 2.75) is 25.8 Å². The van der Waals surface area contributed by atoms with Crippen molar-refractivity contribution in [1.82, 2.24) is 10.3 Å². The standard InChI is InChI=1S/C14H18N2S/c1-11-8-10-17-14(11)13(15-2)7-6-12-5-3-4-9-16-12/h3-5,8-10,13,15H,6-7H2,1-2H3. The topological polar surface area (TPSA) is 24.9 Å². The van der Waals surface area contributed by atoms with Crippen LogP contribution < -0.4 is 5.32 Å². The van der Waals surface area contributed by atoms with Crippen molar-refractivity contribution in [2.75, 3.05) is 7.05 Å². The SMILES string of the molecule is CNC(CCc1ccccn1)c1sccc1C. The molecule has 1 atom stereocenters. The van der Waals surface area contributed by atoms with E-state index in [4.69, 9.17) is 0 Å². The van der Waals surface area contributed by atoms with Crippen molar-refractivity contribution < 1.29 is 0 Å². The van der Waals surface area contributed by atoms with Crippen LogP contribution in [0.15, 0.2) is 35.8 Å². The molecular formula is C14H18N2S. The maximum atomic E-state index is 4.36. The summed E-state index contributed by atoms with van der Waals surface area (Å²) >= 11 is 1.83. The fourth-order valence-corrected chi connectivity index (χ4v) is 3.06.